The highest BCUT2D eigenvalue weighted by Crippen LogP contribution is 2.18. The van der Waals surface area contributed by atoms with E-state index in [-0.39, 0.29) is 5.69 Å². The number of aromatic nitrogens is 1. The molecule has 0 aliphatic heterocycles. The second kappa shape index (κ2) is 6.19. The van der Waals surface area contributed by atoms with Gasteiger partial charge in [-0.05, 0) is 43.7 Å². The molecule has 4 nitrogen and oxygen atoms in total. The highest BCUT2D eigenvalue weighted by atomic mass is 16.4. The molecule has 2 aromatic rings. The lowest BCUT2D eigenvalue weighted by Crippen LogP contribution is -2.22. The van der Waals surface area contributed by atoms with Gasteiger partial charge < -0.3 is 10.0 Å². The molecule has 0 aliphatic carbocycles. The van der Waals surface area contributed by atoms with E-state index in [0.29, 0.717) is 6.54 Å². The van der Waals surface area contributed by atoms with E-state index in [1.807, 2.05) is 6.07 Å². The molecule has 0 spiro atoms. The van der Waals surface area contributed by atoms with Crippen LogP contribution in [0.4, 0.5) is 5.69 Å². The van der Waals surface area contributed by atoms with Crippen LogP contribution in [-0.4, -0.2) is 22.6 Å². The van der Waals surface area contributed by atoms with Crippen molar-refractivity contribution >= 4 is 11.7 Å². The minimum atomic E-state index is -0.995. The quantitative estimate of drug-likeness (QED) is 0.907. The summed E-state index contributed by atoms with van der Waals surface area (Å²) in [7, 11) is 0. The Kier molecular flexibility index (Phi) is 4.35. The van der Waals surface area contributed by atoms with Crippen molar-refractivity contribution in [3.05, 3.63) is 59.4 Å². The molecule has 0 radical (unpaired) electrons. The van der Waals surface area contributed by atoms with Gasteiger partial charge in [-0.15, -0.1) is 0 Å². The van der Waals surface area contributed by atoms with Crippen LogP contribution >= 0.6 is 0 Å². The van der Waals surface area contributed by atoms with Gasteiger partial charge in [0.2, 0.25) is 0 Å². The van der Waals surface area contributed by atoms with E-state index < -0.39 is 5.97 Å². The second-order valence-corrected chi connectivity index (χ2v) is 4.70. The number of carboxylic acid groups (broad SMARTS) is 1. The van der Waals surface area contributed by atoms with Crippen LogP contribution in [0.25, 0.3) is 0 Å². The Morgan fingerprint density at radius 3 is 2.55 bits per heavy atom. The Morgan fingerprint density at radius 2 is 1.95 bits per heavy atom. The summed E-state index contributed by atoms with van der Waals surface area (Å²) in [5, 5.41) is 8.97. The molecule has 0 fully saturated rings. The predicted octanol–water partition coefficient (Wildman–Crippen LogP) is 3.11. The normalized spacial score (nSPS) is 10.3. The van der Waals surface area contributed by atoms with Crippen molar-refractivity contribution in [1.29, 1.82) is 0 Å². The van der Waals surface area contributed by atoms with E-state index in [9.17, 15) is 4.79 Å². The summed E-state index contributed by atoms with van der Waals surface area (Å²) in [4.78, 5) is 17.0. The topological polar surface area (TPSA) is 53.4 Å². The van der Waals surface area contributed by atoms with Crippen LogP contribution in [-0.2, 0) is 6.54 Å². The van der Waals surface area contributed by atoms with Gasteiger partial charge >= 0.3 is 5.97 Å². The second-order valence-electron chi connectivity index (χ2n) is 4.70. The lowest BCUT2D eigenvalue weighted by molar-refractivity contribution is 0.0690. The maximum absolute atomic E-state index is 10.9. The van der Waals surface area contributed by atoms with E-state index in [0.717, 1.165) is 17.8 Å². The third kappa shape index (κ3) is 3.35. The summed E-state index contributed by atoms with van der Waals surface area (Å²) in [5.74, 6) is -0.995. The molecule has 0 atom stereocenters. The van der Waals surface area contributed by atoms with Gasteiger partial charge in [0.1, 0.15) is 5.69 Å². The van der Waals surface area contributed by atoms with E-state index in [1.54, 1.807) is 12.3 Å². The number of hydrogen-bond acceptors (Lipinski definition) is 3. The zero-order chi connectivity index (χ0) is 14.5. The first kappa shape index (κ1) is 14.1. The molecule has 0 saturated heterocycles. The minimum Gasteiger partial charge on any atom is -0.477 e. The van der Waals surface area contributed by atoms with Gasteiger partial charge in [-0.1, -0.05) is 17.7 Å². The molecule has 1 N–H and O–H groups in total. The number of aryl methyl sites for hydroxylation is 1. The molecule has 1 aromatic carbocycles. The van der Waals surface area contributed by atoms with Gasteiger partial charge in [0, 0.05) is 25.0 Å². The van der Waals surface area contributed by atoms with Crippen LogP contribution in [0.1, 0.15) is 28.5 Å². The minimum absolute atomic E-state index is 0.0856. The van der Waals surface area contributed by atoms with Crippen LogP contribution in [0.2, 0.25) is 0 Å². The Morgan fingerprint density at radius 1 is 1.25 bits per heavy atom. The average molecular weight is 270 g/mol. The van der Waals surface area contributed by atoms with Gasteiger partial charge in [-0.2, -0.15) is 0 Å². The van der Waals surface area contributed by atoms with Crippen LogP contribution in [0.15, 0.2) is 42.6 Å². The van der Waals surface area contributed by atoms with Crippen molar-refractivity contribution in [3.8, 4) is 0 Å². The molecule has 1 aromatic heterocycles. The van der Waals surface area contributed by atoms with Crippen molar-refractivity contribution in [3.63, 3.8) is 0 Å². The maximum atomic E-state index is 10.9. The van der Waals surface area contributed by atoms with Crippen molar-refractivity contribution in [1.82, 2.24) is 4.98 Å². The Hall–Kier alpha value is -2.36. The number of benzene rings is 1. The number of rotatable bonds is 5. The molecule has 0 amide bonds. The molecule has 0 aliphatic rings. The maximum Gasteiger partial charge on any atom is 0.354 e. The Balaban J connectivity index is 2.19. The largest absolute Gasteiger partial charge is 0.477 e. The molecule has 2 rings (SSSR count). The van der Waals surface area contributed by atoms with Gasteiger partial charge in [0.15, 0.2) is 0 Å². The first-order valence-corrected chi connectivity index (χ1v) is 6.60. The van der Waals surface area contributed by atoms with Gasteiger partial charge in [0.05, 0.1) is 0 Å². The number of nitrogens with zero attached hydrogens (tertiary/aromatic N) is 2. The highest BCUT2D eigenvalue weighted by molar-refractivity contribution is 5.85. The summed E-state index contributed by atoms with van der Waals surface area (Å²) >= 11 is 0. The molecular formula is C16H18N2O2. The predicted molar refractivity (Wildman–Crippen MR) is 79.1 cm³/mol. The zero-order valence-corrected chi connectivity index (χ0v) is 11.7. The standard InChI is InChI=1S/C16H18N2O2/c1-3-18(14-6-4-12(2)5-7-14)11-13-8-9-17-15(10-13)16(19)20/h4-10H,3,11H2,1-2H3,(H,19,20). The summed E-state index contributed by atoms with van der Waals surface area (Å²) in [5.41, 5.74) is 3.39. The van der Waals surface area contributed by atoms with Gasteiger partial charge in [-0.3, -0.25) is 0 Å². The number of anilines is 1. The van der Waals surface area contributed by atoms with E-state index in [2.05, 4.69) is 48.0 Å². The number of carboxylic acids is 1. The van der Waals surface area contributed by atoms with Gasteiger partial charge in [0.25, 0.3) is 0 Å². The van der Waals surface area contributed by atoms with Gasteiger partial charge in [-0.25, -0.2) is 9.78 Å². The first-order chi connectivity index (χ1) is 9.60. The third-order valence-electron chi connectivity index (χ3n) is 3.20. The van der Waals surface area contributed by atoms with Crippen LogP contribution < -0.4 is 4.90 Å². The van der Waals surface area contributed by atoms with Crippen molar-refractivity contribution in [2.75, 3.05) is 11.4 Å². The summed E-state index contributed by atoms with van der Waals surface area (Å²) < 4.78 is 0. The highest BCUT2D eigenvalue weighted by Gasteiger charge is 2.08. The van der Waals surface area contributed by atoms with E-state index >= 15 is 0 Å². The van der Waals surface area contributed by atoms with E-state index in [4.69, 9.17) is 5.11 Å². The Bertz CT molecular complexity index is 594. The lowest BCUT2D eigenvalue weighted by atomic mass is 10.1. The fraction of sp³-hybridized carbons (Fsp3) is 0.250. The van der Waals surface area contributed by atoms with Crippen molar-refractivity contribution in [2.45, 2.75) is 20.4 Å². The van der Waals surface area contributed by atoms with E-state index in [1.165, 1.54) is 5.56 Å². The Labute approximate surface area is 118 Å². The summed E-state index contributed by atoms with van der Waals surface area (Å²) in [6.45, 7) is 5.66. The number of hydrogen-bond donors (Lipinski definition) is 1. The smallest absolute Gasteiger partial charge is 0.354 e. The third-order valence-corrected chi connectivity index (χ3v) is 3.20. The fourth-order valence-electron chi connectivity index (χ4n) is 2.05. The average Bonchev–Trinajstić information content (AvgIpc) is 2.46. The molecule has 20 heavy (non-hydrogen) atoms. The zero-order valence-electron chi connectivity index (χ0n) is 11.7. The molecular weight excluding hydrogens is 252 g/mol. The monoisotopic (exact) mass is 270 g/mol. The lowest BCUT2D eigenvalue weighted by Gasteiger charge is -2.23. The van der Waals surface area contributed by atoms with Crippen molar-refractivity contribution in [2.24, 2.45) is 0 Å². The molecule has 0 unspecified atom stereocenters. The first-order valence-electron chi connectivity index (χ1n) is 6.60. The molecule has 0 saturated carbocycles. The molecule has 104 valence electrons. The molecule has 0 bridgehead atoms. The molecule has 4 heteroatoms. The van der Waals surface area contributed by atoms with Crippen LogP contribution in [0, 0.1) is 6.92 Å². The SMILES string of the molecule is CCN(Cc1ccnc(C(=O)O)c1)c1ccc(C)cc1. The number of pyridine rings is 1. The number of aromatic carboxylic acids is 1. The number of carbonyl (C=O) groups is 1. The summed E-state index contributed by atoms with van der Waals surface area (Å²) in [6.07, 6.45) is 1.54. The van der Waals surface area contributed by atoms with Crippen molar-refractivity contribution < 1.29 is 9.90 Å². The summed E-state index contributed by atoms with van der Waals surface area (Å²) in [6, 6.07) is 11.8. The fourth-order valence-corrected chi connectivity index (χ4v) is 2.05. The molecule has 1 heterocycles. The van der Waals surface area contributed by atoms with Crippen LogP contribution in [0.3, 0.4) is 0 Å². The van der Waals surface area contributed by atoms with Crippen LogP contribution in [0.5, 0.6) is 0 Å².